The minimum absolute atomic E-state index is 0.106. The van der Waals surface area contributed by atoms with E-state index in [1.54, 1.807) is 48.5 Å². The molecule has 3 aromatic rings. The number of ketones is 1. The van der Waals surface area contributed by atoms with Crippen molar-refractivity contribution in [2.45, 2.75) is 4.90 Å². The van der Waals surface area contributed by atoms with Gasteiger partial charge in [-0.15, -0.1) is 0 Å². The highest BCUT2D eigenvalue weighted by Gasteiger charge is 2.17. The zero-order chi connectivity index (χ0) is 18.6. The SMILES string of the molecule is COc1cc(C(=O)CNS(=O)(=O)c2ccccc2)cc(-c2ccco2)c1. The van der Waals surface area contributed by atoms with Crippen molar-refractivity contribution in [2.75, 3.05) is 13.7 Å². The van der Waals surface area contributed by atoms with E-state index >= 15 is 0 Å². The summed E-state index contributed by atoms with van der Waals surface area (Å²) < 4.78 is 37.4. The first kappa shape index (κ1) is 17.9. The lowest BCUT2D eigenvalue weighted by Crippen LogP contribution is -2.29. The molecular formula is C19H17NO5S. The number of furan rings is 1. The summed E-state index contributed by atoms with van der Waals surface area (Å²) in [5, 5.41) is 0. The van der Waals surface area contributed by atoms with E-state index in [0.717, 1.165) is 0 Å². The lowest BCUT2D eigenvalue weighted by Gasteiger charge is -2.09. The number of carbonyl (C=O) groups is 1. The molecule has 0 saturated carbocycles. The highest BCUT2D eigenvalue weighted by Crippen LogP contribution is 2.26. The minimum Gasteiger partial charge on any atom is -0.497 e. The van der Waals surface area contributed by atoms with Gasteiger partial charge in [-0.05, 0) is 42.5 Å². The molecule has 0 bridgehead atoms. The van der Waals surface area contributed by atoms with E-state index in [1.165, 1.54) is 25.5 Å². The summed E-state index contributed by atoms with van der Waals surface area (Å²) in [6.07, 6.45) is 1.53. The van der Waals surface area contributed by atoms with Crippen LogP contribution in [0.4, 0.5) is 0 Å². The average molecular weight is 371 g/mol. The molecule has 26 heavy (non-hydrogen) atoms. The fourth-order valence-corrected chi connectivity index (χ4v) is 3.41. The number of hydrogen-bond acceptors (Lipinski definition) is 5. The average Bonchev–Trinajstić information content (AvgIpc) is 3.21. The predicted molar refractivity (Wildman–Crippen MR) is 96.7 cm³/mol. The Hall–Kier alpha value is -2.90. The molecule has 1 N–H and O–H groups in total. The van der Waals surface area contributed by atoms with Crippen LogP contribution in [0.1, 0.15) is 10.4 Å². The summed E-state index contributed by atoms with van der Waals surface area (Å²) in [6, 6.07) is 16.3. The standard InChI is InChI=1S/C19H17NO5S/c1-24-16-11-14(10-15(12-16)19-8-5-9-25-19)18(21)13-20-26(22,23)17-6-3-2-4-7-17/h2-12,20H,13H2,1H3. The van der Waals surface area contributed by atoms with Gasteiger partial charge in [0.15, 0.2) is 5.78 Å². The van der Waals surface area contributed by atoms with Crippen molar-refractivity contribution in [1.29, 1.82) is 0 Å². The fraction of sp³-hybridized carbons (Fsp3) is 0.105. The van der Waals surface area contributed by atoms with Gasteiger partial charge in [0.05, 0.1) is 24.8 Å². The van der Waals surface area contributed by atoms with Crippen molar-refractivity contribution in [3.8, 4) is 17.1 Å². The minimum atomic E-state index is -3.75. The summed E-state index contributed by atoms with van der Waals surface area (Å²) in [4.78, 5) is 12.6. The zero-order valence-corrected chi connectivity index (χ0v) is 14.8. The molecule has 0 unspecified atom stereocenters. The van der Waals surface area contributed by atoms with Crippen LogP contribution in [-0.4, -0.2) is 27.9 Å². The number of methoxy groups -OCH3 is 1. The van der Waals surface area contributed by atoms with Crippen molar-refractivity contribution in [1.82, 2.24) is 4.72 Å². The van der Waals surface area contributed by atoms with Gasteiger partial charge < -0.3 is 9.15 Å². The van der Waals surface area contributed by atoms with Crippen LogP contribution in [0.15, 0.2) is 76.2 Å². The maximum atomic E-state index is 12.5. The number of Topliss-reactive ketones (excluding diaryl/α,β-unsaturated/α-hetero) is 1. The van der Waals surface area contributed by atoms with Gasteiger partial charge in [-0.3, -0.25) is 4.79 Å². The molecule has 7 heteroatoms. The Balaban J connectivity index is 1.81. The van der Waals surface area contributed by atoms with Crippen molar-refractivity contribution in [3.63, 3.8) is 0 Å². The van der Waals surface area contributed by atoms with Crippen LogP contribution in [0.25, 0.3) is 11.3 Å². The maximum absolute atomic E-state index is 12.5. The monoisotopic (exact) mass is 371 g/mol. The van der Waals surface area contributed by atoms with E-state index in [2.05, 4.69) is 4.72 Å². The Morgan fingerprint density at radius 3 is 2.50 bits per heavy atom. The van der Waals surface area contributed by atoms with Gasteiger partial charge in [-0.2, -0.15) is 0 Å². The molecule has 6 nitrogen and oxygen atoms in total. The molecule has 0 atom stereocenters. The second-order valence-corrected chi connectivity index (χ2v) is 7.26. The van der Waals surface area contributed by atoms with E-state index in [0.29, 0.717) is 22.6 Å². The van der Waals surface area contributed by atoms with Crippen LogP contribution in [0.3, 0.4) is 0 Å². The molecule has 0 spiro atoms. The number of benzene rings is 2. The van der Waals surface area contributed by atoms with E-state index in [-0.39, 0.29) is 17.2 Å². The number of hydrogen-bond donors (Lipinski definition) is 1. The molecule has 134 valence electrons. The van der Waals surface area contributed by atoms with Gasteiger partial charge in [-0.25, -0.2) is 13.1 Å². The second-order valence-electron chi connectivity index (χ2n) is 5.49. The number of nitrogens with one attached hydrogen (secondary N) is 1. The first-order valence-electron chi connectivity index (χ1n) is 7.80. The molecule has 1 aromatic heterocycles. The highest BCUT2D eigenvalue weighted by atomic mass is 32.2. The van der Waals surface area contributed by atoms with Gasteiger partial charge in [-0.1, -0.05) is 18.2 Å². The highest BCUT2D eigenvalue weighted by molar-refractivity contribution is 7.89. The normalized spacial score (nSPS) is 11.3. The third-order valence-electron chi connectivity index (χ3n) is 3.75. The molecular weight excluding hydrogens is 354 g/mol. The van der Waals surface area contributed by atoms with Crippen LogP contribution in [0, 0.1) is 0 Å². The summed E-state index contributed by atoms with van der Waals surface area (Å²) in [5.41, 5.74) is 0.995. The molecule has 2 aromatic carbocycles. The van der Waals surface area contributed by atoms with Crippen LogP contribution >= 0.6 is 0 Å². The molecule has 0 fully saturated rings. The molecule has 0 saturated heterocycles. The third kappa shape index (κ3) is 4.01. The predicted octanol–water partition coefficient (Wildman–Crippen LogP) is 3.12. The summed E-state index contributed by atoms with van der Waals surface area (Å²) in [7, 11) is -2.26. The lowest BCUT2D eigenvalue weighted by atomic mass is 10.0. The lowest BCUT2D eigenvalue weighted by molar-refractivity contribution is 0.0996. The molecule has 0 amide bonds. The quantitative estimate of drug-likeness (QED) is 0.645. The van der Waals surface area contributed by atoms with Crippen molar-refractivity contribution in [2.24, 2.45) is 0 Å². The third-order valence-corrected chi connectivity index (χ3v) is 5.16. The molecule has 3 rings (SSSR count). The first-order chi connectivity index (χ1) is 12.5. The van der Waals surface area contributed by atoms with Crippen LogP contribution in [0.5, 0.6) is 5.75 Å². The second kappa shape index (κ2) is 7.55. The summed E-state index contributed by atoms with van der Waals surface area (Å²) in [5.74, 6) is 0.687. The molecule has 1 heterocycles. The van der Waals surface area contributed by atoms with E-state index in [4.69, 9.17) is 9.15 Å². The number of sulfonamides is 1. The zero-order valence-electron chi connectivity index (χ0n) is 14.0. The molecule has 0 aliphatic heterocycles. The van der Waals surface area contributed by atoms with Crippen molar-refractivity contribution < 1.29 is 22.4 Å². The summed E-state index contributed by atoms with van der Waals surface area (Å²) in [6.45, 7) is -0.359. The van der Waals surface area contributed by atoms with Gasteiger partial charge in [0.1, 0.15) is 11.5 Å². The van der Waals surface area contributed by atoms with E-state index in [9.17, 15) is 13.2 Å². The number of ether oxygens (including phenoxy) is 1. The Labute approximate surface area is 151 Å². The van der Waals surface area contributed by atoms with Crippen LogP contribution in [-0.2, 0) is 10.0 Å². The largest absolute Gasteiger partial charge is 0.497 e. The molecule has 0 aliphatic rings. The molecule has 0 aliphatic carbocycles. The van der Waals surface area contributed by atoms with Crippen molar-refractivity contribution >= 4 is 15.8 Å². The Morgan fingerprint density at radius 1 is 1.08 bits per heavy atom. The Morgan fingerprint density at radius 2 is 1.85 bits per heavy atom. The van der Waals surface area contributed by atoms with Gasteiger partial charge in [0, 0.05) is 11.1 Å². The maximum Gasteiger partial charge on any atom is 0.240 e. The Kier molecular flexibility index (Phi) is 5.20. The topological polar surface area (TPSA) is 85.6 Å². The van der Waals surface area contributed by atoms with Crippen LogP contribution in [0.2, 0.25) is 0 Å². The van der Waals surface area contributed by atoms with Crippen molar-refractivity contribution in [3.05, 3.63) is 72.5 Å². The van der Waals surface area contributed by atoms with E-state index in [1.807, 2.05) is 0 Å². The van der Waals surface area contributed by atoms with E-state index < -0.39 is 10.0 Å². The smallest absolute Gasteiger partial charge is 0.240 e. The molecule has 0 radical (unpaired) electrons. The fourth-order valence-electron chi connectivity index (χ4n) is 2.41. The number of rotatable bonds is 7. The van der Waals surface area contributed by atoms with Gasteiger partial charge in [0.2, 0.25) is 10.0 Å². The van der Waals surface area contributed by atoms with Crippen LogP contribution < -0.4 is 9.46 Å². The summed E-state index contributed by atoms with van der Waals surface area (Å²) >= 11 is 0. The Bertz CT molecular complexity index is 996. The first-order valence-corrected chi connectivity index (χ1v) is 9.29. The number of carbonyl (C=O) groups excluding carboxylic acids is 1. The van der Waals surface area contributed by atoms with Gasteiger partial charge >= 0.3 is 0 Å². The van der Waals surface area contributed by atoms with Gasteiger partial charge in [0.25, 0.3) is 0 Å².